The minimum Gasteiger partial charge on any atom is -0.481 e. The highest BCUT2D eigenvalue weighted by molar-refractivity contribution is 5.67. The molecule has 27 heavy (non-hydrogen) atoms. The lowest BCUT2D eigenvalue weighted by atomic mass is 10.1. The molecular weight excluding hydrogens is 336 g/mol. The quantitative estimate of drug-likeness (QED) is 0.315. The molecule has 0 bridgehead atoms. The van der Waals surface area contributed by atoms with Gasteiger partial charge >= 0.3 is 5.97 Å². The summed E-state index contributed by atoms with van der Waals surface area (Å²) in [4.78, 5) is 10.6. The van der Waals surface area contributed by atoms with E-state index in [-0.39, 0.29) is 12.5 Å². The minimum atomic E-state index is -0.762. The first kappa shape index (κ1) is 23.2. The average molecular weight is 373 g/mol. The van der Waals surface area contributed by atoms with Crippen LogP contribution in [0.4, 0.5) is 0 Å². The standard InChI is InChI=1S/C24H36O3/c1-3-4-5-6-7-8-9-10-11-12-13-21(2)27-20-23-16-14-22(15-17-23)18-19-24(25)26/h14-17,21H,3-11,18-20H2,1-2H3,(H,25,26). The molecule has 1 aromatic rings. The van der Waals surface area contributed by atoms with E-state index in [0.29, 0.717) is 13.0 Å². The summed E-state index contributed by atoms with van der Waals surface area (Å²) in [6, 6.07) is 7.94. The van der Waals surface area contributed by atoms with Gasteiger partial charge in [0.25, 0.3) is 0 Å². The SMILES string of the molecule is CCCCCCCCCCC#CC(C)OCc1ccc(CCC(=O)O)cc1. The van der Waals surface area contributed by atoms with E-state index in [1.165, 1.54) is 51.4 Å². The molecule has 0 amide bonds. The number of aryl methyl sites for hydroxylation is 1. The molecule has 0 aliphatic rings. The second kappa shape index (κ2) is 15.3. The van der Waals surface area contributed by atoms with Gasteiger partial charge in [0, 0.05) is 12.8 Å². The van der Waals surface area contributed by atoms with Crippen LogP contribution >= 0.6 is 0 Å². The molecule has 1 unspecified atom stereocenters. The summed E-state index contributed by atoms with van der Waals surface area (Å²) < 4.78 is 5.78. The largest absolute Gasteiger partial charge is 0.481 e. The summed E-state index contributed by atoms with van der Waals surface area (Å²) in [6.07, 6.45) is 12.2. The number of carbonyl (C=O) groups is 1. The van der Waals surface area contributed by atoms with Gasteiger partial charge < -0.3 is 9.84 Å². The van der Waals surface area contributed by atoms with E-state index in [1.807, 2.05) is 31.2 Å². The fraction of sp³-hybridized carbons (Fsp3) is 0.625. The lowest BCUT2D eigenvalue weighted by Crippen LogP contribution is -2.05. The zero-order valence-electron chi connectivity index (χ0n) is 17.1. The normalized spacial score (nSPS) is 11.6. The molecule has 1 rings (SSSR count). The Balaban J connectivity index is 2.10. The van der Waals surface area contributed by atoms with Gasteiger partial charge in [0.15, 0.2) is 0 Å². The monoisotopic (exact) mass is 372 g/mol. The third-order valence-electron chi connectivity index (χ3n) is 4.61. The van der Waals surface area contributed by atoms with Gasteiger partial charge in [-0.1, -0.05) is 82.1 Å². The van der Waals surface area contributed by atoms with E-state index in [9.17, 15) is 4.79 Å². The van der Waals surface area contributed by atoms with Crippen molar-refractivity contribution in [2.45, 2.75) is 97.2 Å². The first-order valence-corrected chi connectivity index (χ1v) is 10.5. The van der Waals surface area contributed by atoms with E-state index in [4.69, 9.17) is 9.84 Å². The van der Waals surface area contributed by atoms with Crippen molar-refractivity contribution in [1.29, 1.82) is 0 Å². The predicted octanol–water partition coefficient (Wildman–Crippen LogP) is 6.14. The van der Waals surface area contributed by atoms with Crippen molar-refractivity contribution in [3.63, 3.8) is 0 Å². The van der Waals surface area contributed by atoms with Crippen molar-refractivity contribution in [3.05, 3.63) is 35.4 Å². The average Bonchev–Trinajstić information content (AvgIpc) is 2.67. The zero-order valence-corrected chi connectivity index (χ0v) is 17.1. The van der Waals surface area contributed by atoms with E-state index >= 15 is 0 Å². The van der Waals surface area contributed by atoms with Gasteiger partial charge in [-0.15, -0.1) is 5.92 Å². The third-order valence-corrected chi connectivity index (χ3v) is 4.61. The van der Waals surface area contributed by atoms with Crippen molar-refractivity contribution >= 4 is 5.97 Å². The summed E-state index contributed by atoms with van der Waals surface area (Å²) in [5.74, 6) is 5.65. The molecule has 1 atom stereocenters. The van der Waals surface area contributed by atoms with E-state index < -0.39 is 5.97 Å². The fourth-order valence-electron chi connectivity index (χ4n) is 2.88. The van der Waals surface area contributed by atoms with Gasteiger partial charge in [-0.2, -0.15) is 0 Å². The van der Waals surface area contributed by atoms with Gasteiger partial charge in [-0.3, -0.25) is 4.79 Å². The van der Waals surface area contributed by atoms with Crippen LogP contribution in [0.25, 0.3) is 0 Å². The number of hydrogen-bond acceptors (Lipinski definition) is 2. The maximum Gasteiger partial charge on any atom is 0.303 e. The molecule has 3 nitrogen and oxygen atoms in total. The molecular formula is C24H36O3. The van der Waals surface area contributed by atoms with Crippen molar-refractivity contribution in [3.8, 4) is 11.8 Å². The zero-order chi connectivity index (χ0) is 19.7. The third kappa shape index (κ3) is 13.1. The smallest absolute Gasteiger partial charge is 0.303 e. The first-order chi connectivity index (χ1) is 13.1. The van der Waals surface area contributed by atoms with Gasteiger partial charge in [-0.25, -0.2) is 0 Å². The Bertz CT molecular complexity index is 566. The van der Waals surface area contributed by atoms with Crippen molar-refractivity contribution in [1.82, 2.24) is 0 Å². The Morgan fingerprint density at radius 2 is 1.59 bits per heavy atom. The Kier molecular flexibility index (Phi) is 13.2. The lowest BCUT2D eigenvalue weighted by molar-refractivity contribution is -0.136. The molecule has 0 saturated carbocycles. The van der Waals surface area contributed by atoms with Crippen molar-refractivity contribution < 1.29 is 14.6 Å². The number of aliphatic carboxylic acids is 1. The molecule has 1 N–H and O–H groups in total. The first-order valence-electron chi connectivity index (χ1n) is 10.5. The molecule has 0 aliphatic heterocycles. The Labute approximate surface area is 165 Å². The molecule has 0 radical (unpaired) electrons. The summed E-state index contributed by atoms with van der Waals surface area (Å²) in [6.45, 7) is 4.78. The molecule has 3 heteroatoms. The van der Waals surface area contributed by atoms with Crippen LogP contribution in [0.1, 0.15) is 89.2 Å². The molecule has 0 aliphatic carbocycles. The molecule has 0 spiro atoms. The van der Waals surface area contributed by atoms with Gasteiger partial charge in [0.2, 0.25) is 0 Å². The van der Waals surface area contributed by atoms with Crippen LogP contribution < -0.4 is 0 Å². The number of benzene rings is 1. The number of carboxylic acids is 1. The summed E-state index contributed by atoms with van der Waals surface area (Å²) in [5.41, 5.74) is 2.13. The number of ether oxygens (including phenoxy) is 1. The number of rotatable bonds is 14. The topological polar surface area (TPSA) is 46.5 Å². The number of unbranched alkanes of at least 4 members (excludes halogenated alkanes) is 8. The Morgan fingerprint density at radius 3 is 2.22 bits per heavy atom. The highest BCUT2D eigenvalue weighted by atomic mass is 16.5. The molecule has 0 fully saturated rings. The van der Waals surface area contributed by atoms with Crippen LogP contribution in [0.2, 0.25) is 0 Å². The van der Waals surface area contributed by atoms with E-state index in [2.05, 4.69) is 18.8 Å². The van der Waals surface area contributed by atoms with Crippen LogP contribution in [0.15, 0.2) is 24.3 Å². The highest BCUT2D eigenvalue weighted by Crippen LogP contribution is 2.10. The van der Waals surface area contributed by atoms with Crippen LogP contribution in [0.5, 0.6) is 0 Å². The Morgan fingerprint density at radius 1 is 1.00 bits per heavy atom. The highest BCUT2D eigenvalue weighted by Gasteiger charge is 2.01. The van der Waals surface area contributed by atoms with Crippen molar-refractivity contribution in [2.24, 2.45) is 0 Å². The second-order valence-corrected chi connectivity index (χ2v) is 7.21. The van der Waals surface area contributed by atoms with Crippen LogP contribution in [-0.4, -0.2) is 17.2 Å². The van der Waals surface area contributed by atoms with Gasteiger partial charge in [0.05, 0.1) is 6.61 Å². The lowest BCUT2D eigenvalue weighted by Gasteiger charge is -2.08. The second-order valence-electron chi connectivity index (χ2n) is 7.21. The molecule has 0 aromatic heterocycles. The molecule has 1 aromatic carbocycles. The van der Waals surface area contributed by atoms with Crippen LogP contribution in [0, 0.1) is 11.8 Å². The Hall–Kier alpha value is -1.79. The summed E-state index contributed by atoms with van der Waals surface area (Å²) >= 11 is 0. The summed E-state index contributed by atoms with van der Waals surface area (Å²) in [7, 11) is 0. The minimum absolute atomic E-state index is 0.0641. The maximum atomic E-state index is 10.6. The van der Waals surface area contributed by atoms with Crippen LogP contribution in [0.3, 0.4) is 0 Å². The number of carboxylic acid groups (broad SMARTS) is 1. The van der Waals surface area contributed by atoms with Crippen LogP contribution in [-0.2, 0) is 22.6 Å². The fourth-order valence-corrected chi connectivity index (χ4v) is 2.88. The van der Waals surface area contributed by atoms with Gasteiger partial charge in [-0.05, 0) is 30.9 Å². The maximum absolute atomic E-state index is 10.6. The predicted molar refractivity (Wildman–Crippen MR) is 112 cm³/mol. The molecule has 0 heterocycles. The molecule has 150 valence electrons. The van der Waals surface area contributed by atoms with Gasteiger partial charge in [0.1, 0.15) is 6.10 Å². The number of hydrogen-bond donors (Lipinski definition) is 1. The summed E-state index contributed by atoms with van der Waals surface area (Å²) in [5, 5.41) is 8.71. The van der Waals surface area contributed by atoms with E-state index in [1.54, 1.807) is 0 Å². The van der Waals surface area contributed by atoms with Crippen molar-refractivity contribution in [2.75, 3.05) is 0 Å². The van der Waals surface area contributed by atoms with E-state index in [0.717, 1.165) is 17.5 Å². The molecule has 0 saturated heterocycles.